The number of carbonyl (C=O) groups is 1. The Balaban J connectivity index is 2.60. The summed E-state index contributed by atoms with van der Waals surface area (Å²) < 4.78 is 39.8. The van der Waals surface area contributed by atoms with Crippen LogP contribution in [0.15, 0.2) is 30.3 Å². The van der Waals surface area contributed by atoms with Crippen LogP contribution in [-0.4, -0.2) is 5.78 Å². The Hall–Kier alpha value is -1.52. The molecule has 0 aliphatic carbocycles. The predicted octanol–water partition coefficient (Wildman–Crippen LogP) is 4.64. The van der Waals surface area contributed by atoms with Crippen molar-refractivity contribution >= 4 is 29.0 Å². The lowest BCUT2D eigenvalue weighted by Crippen LogP contribution is -2.09. The maximum absolute atomic E-state index is 13.5. The third-order valence-corrected chi connectivity index (χ3v) is 3.25. The molecule has 0 heterocycles. The average Bonchev–Trinajstić information content (AvgIpc) is 2.31. The highest BCUT2D eigenvalue weighted by Crippen LogP contribution is 2.28. The van der Waals surface area contributed by atoms with Crippen LogP contribution in [0.5, 0.6) is 0 Å². The van der Waals surface area contributed by atoms with Gasteiger partial charge in [-0.15, -0.1) is 0 Å². The molecule has 0 saturated carbocycles. The summed E-state index contributed by atoms with van der Waals surface area (Å²) in [5, 5.41) is -0.0345. The highest BCUT2D eigenvalue weighted by molar-refractivity contribution is 6.44. The molecule has 0 saturated heterocycles. The Bertz CT molecular complexity index is 648. The molecule has 0 fully saturated rings. The van der Waals surface area contributed by atoms with Crippen molar-refractivity contribution in [3.05, 3.63) is 69.0 Å². The minimum atomic E-state index is -1.29. The zero-order valence-electron chi connectivity index (χ0n) is 9.18. The van der Waals surface area contributed by atoms with Gasteiger partial charge in [-0.2, -0.15) is 0 Å². The third-order valence-electron chi connectivity index (χ3n) is 2.43. The van der Waals surface area contributed by atoms with E-state index in [-0.39, 0.29) is 15.6 Å². The third kappa shape index (κ3) is 2.60. The topological polar surface area (TPSA) is 17.1 Å². The second-order valence-electron chi connectivity index (χ2n) is 3.67. The van der Waals surface area contributed by atoms with E-state index in [2.05, 4.69) is 0 Å². The Kier molecular flexibility index (Phi) is 3.83. The van der Waals surface area contributed by atoms with Gasteiger partial charge in [-0.25, -0.2) is 13.2 Å². The average molecular weight is 305 g/mol. The number of ketones is 1. The van der Waals surface area contributed by atoms with Crippen molar-refractivity contribution in [2.45, 2.75) is 0 Å². The monoisotopic (exact) mass is 304 g/mol. The summed E-state index contributed by atoms with van der Waals surface area (Å²) in [7, 11) is 0. The first-order valence-electron chi connectivity index (χ1n) is 5.05. The van der Waals surface area contributed by atoms with Crippen molar-refractivity contribution < 1.29 is 18.0 Å². The molecule has 0 atom stereocenters. The summed E-state index contributed by atoms with van der Waals surface area (Å²) >= 11 is 11.5. The first-order valence-corrected chi connectivity index (χ1v) is 5.80. The van der Waals surface area contributed by atoms with Crippen molar-refractivity contribution in [1.82, 2.24) is 0 Å². The summed E-state index contributed by atoms with van der Waals surface area (Å²) in [6.45, 7) is 0. The highest BCUT2D eigenvalue weighted by atomic mass is 35.5. The minimum Gasteiger partial charge on any atom is -0.288 e. The molecule has 0 N–H and O–H groups in total. The number of carbonyl (C=O) groups excluding carboxylic acids is 1. The van der Waals surface area contributed by atoms with E-state index in [1.54, 1.807) is 0 Å². The second kappa shape index (κ2) is 5.23. The fourth-order valence-corrected chi connectivity index (χ4v) is 1.96. The Labute approximate surface area is 116 Å². The number of hydrogen-bond donors (Lipinski definition) is 0. The van der Waals surface area contributed by atoms with Crippen molar-refractivity contribution in [3.8, 4) is 0 Å². The first kappa shape index (κ1) is 13.9. The molecule has 2 aromatic rings. The van der Waals surface area contributed by atoms with Gasteiger partial charge in [0, 0.05) is 17.7 Å². The van der Waals surface area contributed by atoms with E-state index >= 15 is 0 Å². The molecule has 0 radical (unpaired) electrons. The van der Waals surface area contributed by atoms with Gasteiger partial charge in [-0.05, 0) is 12.1 Å². The quantitative estimate of drug-likeness (QED) is 0.739. The molecule has 0 unspecified atom stereocenters. The molecule has 0 bridgehead atoms. The molecule has 0 amide bonds. The van der Waals surface area contributed by atoms with Crippen LogP contribution in [0.4, 0.5) is 13.2 Å². The van der Waals surface area contributed by atoms with Crippen LogP contribution < -0.4 is 0 Å². The smallest absolute Gasteiger partial charge is 0.200 e. The number of halogens is 5. The first-order chi connectivity index (χ1) is 8.91. The molecule has 98 valence electrons. The molecule has 0 aliphatic heterocycles. The summed E-state index contributed by atoms with van der Waals surface area (Å²) in [4.78, 5) is 12.0. The Morgan fingerprint density at radius 3 is 2.16 bits per heavy atom. The van der Waals surface area contributed by atoms with Crippen molar-refractivity contribution in [1.29, 1.82) is 0 Å². The van der Waals surface area contributed by atoms with E-state index in [0.717, 1.165) is 0 Å². The largest absolute Gasteiger partial charge is 0.288 e. The van der Waals surface area contributed by atoms with Gasteiger partial charge in [-0.1, -0.05) is 29.3 Å². The predicted molar refractivity (Wildman–Crippen MR) is 66.2 cm³/mol. The van der Waals surface area contributed by atoms with E-state index in [1.165, 1.54) is 18.2 Å². The lowest BCUT2D eigenvalue weighted by molar-refractivity contribution is 0.103. The summed E-state index contributed by atoms with van der Waals surface area (Å²) in [5.74, 6) is -4.69. The zero-order valence-corrected chi connectivity index (χ0v) is 10.7. The lowest BCUT2D eigenvalue weighted by Gasteiger charge is -2.07. The summed E-state index contributed by atoms with van der Waals surface area (Å²) in [5.41, 5.74) is -1.02. The van der Waals surface area contributed by atoms with Crippen molar-refractivity contribution in [3.63, 3.8) is 0 Å². The maximum atomic E-state index is 13.5. The van der Waals surface area contributed by atoms with Crippen LogP contribution in [0.1, 0.15) is 15.9 Å². The molecule has 0 spiro atoms. The van der Waals surface area contributed by atoms with E-state index < -0.39 is 28.8 Å². The molecule has 2 rings (SSSR count). The molecule has 0 aromatic heterocycles. The van der Waals surface area contributed by atoms with E-state index in [4.69, 9.17) is 23.2 Å². The van der Waals surface area contributed by atoms with Gasteiger partial charge < -0.3 is 0 Å². The second-order valence-corrected chi connectivity index (χ2v) is 4.46. The van der Waals surface area contributed by atoms with Crippen LogP contribution in [0.3, 0.4) is 0 Å². The maximum Gasteiger partial charge on any atom is 0.200 e. The van der Waals surface area contributed by atoms with E-state index in [9.17, 15) is 18.0 Å². The molecule has 0 aliphatic rings. The molecule has 2 aromatic carbocycles. The summed E-state index contributed by atoms with van der Waals surface area (Å²) in [6, 6.07) is 4.97. The minimum absolute atomic E-state index is 0.0791. The van der Waals surface area contributed by atoms with Gasteiger partial charge in [0.25, 0.3) is 0 Å². The van der Waals surface area contributed by atoms with Gasteiger partial charge in [0.15, 0.2) is 5.78 Å². The van der Waals surface area contributed by atoms with Crippen LogP contribution in [0.25, 0.3) is 0 Å². The van der Waals surface area contributed by atoms with Crippen molar-refractivity contribution in [2.75, 3.05) is 0 Å². The molecular weight excluding hydrogens is 300 g/mol. The van der Waals surface area contributed by atoms with Gasteiger partial charge in [0.1, 0.15) is 17.5 Å². The van der Waals surface area contributed by atoms with Gasteiger partial charge in [0.05, 0.1) is 15.6 Å². The molecular formula is C13H5Cl2F3O. The normalized spacial score (nSPS) is 10.6. The zero-order chi connectivity index (χ0) is 14.2. The highest BCUT2D eigenvalue weighted by Gasteiger charge is 2.22. The number of hydrogen-bond acceptors (Lipinski definition) is 1. The number of rotatable bonds is 2. The lowest BCUT2D eigenvalue weighted by atomic mass is 10.0. The van der Waals surface area contributed by atoms with Crippen LogP contribution >= 0.6 is 23.2 Å². The van der Waals surface area contributed by atoms with Gasteiger partial charge in [-0.3, -0.25) is 4.79 Å². The Morgan fingerprint density at radius 1 is 1.00 bits per heavy atom. The fourth-order valence-electron chi connectivity index (χ4n) is 1.57. The van der Waals surface area contributed by atoms with E-state index in [1.807, 2.05) is 0 Å². The van der Waals surface area contributed by atoms with Crippen LogP contribution in [0.2, 0.25) is 10.0 Å². The fraction of sp³-hybridized carbons (Fsp3) is 0. The van der Waals surface area contributed by atoms with E-state index in [0.29, 0.717) is 12.1 Å². The van der Waals surface area contributed by atoms with Gasteiger partial charge >= 0.3 is 0 Å². The van der Waals surface area contributed by atoms with Crippen LogP contribution in [0, 0.1) is 17.5 Å². The SMILES string of the molecule is O=C(c1cccc(Cl)c1Cl)c1c(F)cc(F)cc1F. The summed E-state index contributed by atoms with van der Waals surface area (Å²) in [6.07, 6.45) is 0. The van der Waals surface area contributed by atoms with Crippen molar-refractivity contribution in [2.24, 2.45) is 0 Å². The van der Waals surface area contributed by atoms with Crippen LogP contribution in [-0.2, 0) is 0 Å². The number of benzene rings is 2. The Morgan fingerprint density at radius 2 is 1.58 bits per heavy atom. The van der Waals surface area contributed by atoms with Gasteiger partial charge in [0.2, 0.25) is 0 Å². The molecule has 1 nitrogen and oxygen atoms in total. The standard InChI is InChI=1S/C13H5Cl2F3O/c14-8-3-1-2-7(12(8)15)13(19)11-9(17)4-6(16)5-10(11)18/h1-5H. The molecule has 6 heteroatoms. The molecule has 19 heavy (non-hydrogen) atoms.